The average Bonchev–Trinajstić information content (AvgIpc) is 2.69. The fourth-order valence-corrected chi connectivity index (χ4v) is 2.52. The zero-order chi connectivity index (χ0) is 15.6. The number of morpholine rings is 1. The summed E-state index contributed by atoms with van der Waals surface area (Å²) in [6, 6.07) is 1.91. The topological polar surface area (TPSA) is 59.4 Å². The zero-order valence-corrected chi connectivity index (χ0v) is 13.6. The molecule has 1 aliphatic heterocycles. The third-order valence-corrected chi connectivity index (χ3v) is 3.43. The van der Waals surface area contributed by atoms with Gasteiger partial charge in [0, 0.05) is 19.2 Å². The van der Waals surface area contributed by atoms with Crippen LogP contribution in [0.2, 0.25) is 0 Å². The first-order valence-electron chi connectivity index (χ1n) is 7.46. The van der Waals surface area contributed by atoms with Crippen LogP contribution in [-0.2, 0) is 15.1 Å². The second-order valence-electron chi connectivity index (χ2n) is 6.72. The molecule has 21 heavy (non-hydrogen) atoms. The molecule has 6 heteroatoms. The minimum Gasteiger partial charge on any atom is -0.376 e. The maximum absolute atomic E-state index is 12.2. The van der Waals surface area contributed by atoms with Crippen LogP contribution in [0.15, 0.2) is 6.07 Å². The highest BCUT2D eigenvalue weighted by Gasteiger charge is 2.22. The molecule has 0 aliphatic carbocycles. The summed E-state index contributed by atoms with van der Waals surface area (Å²) in [5, 5.41) is 7.44. The summed E-state index contributed by atoms with van der Waals surface area (Å²) in [6.07, 6.45) is 0.189. The summed E-state index contributed by atoms with van der Waals surface area (Å²) >= 11 is 0. The van der Waals surface area contributed by atoms with Gasteiger partial charge in [-0.15, -0.1) is 0 Å². The summed E-state index contributed by atoms with van der Waals surface area (Å²) in [6.45, 7) is 12.8. The van der Waals surface area contributed by atoms with E-state index in [2.05, 4.69) is 36.1 Å². The monoisotopic (exact) mass is 294 g/mol. The minimum atomic E-state index is -0.162. The predicted octanol–water partition coefficient (Wildman–Crippen LogP) is 1.61. The van der Waals surface area contributed by atoms with E-state index >= 15 is 0 Å². The third kappa shape index (κ3) is 4.28. The number of anilines is 1. The molecule has 1 amide bonds. The Labute approximate surface area is 126 Å². The number of nitrogens with zero attached hydrogens (tertiary/aromatic N) is 3. The normalized spacial score (nSPS) is 20.5. The first kappa shape index (κ1) is 16.0. The van der Waals surface area contributed by atoms with Crippen molar-refractivity contribution in [3.8, 4) is 0 Å². The number of ether oxygens (including phenoxy) is 1. The quantitative estimate of drug-likeness (QED) is 0.920. The summed E-state index contributed by atoms with van der Waals surface area (Å²) in [4.78, 5) is 14.4. The zero-order valence-electron chi connectivity index (χ0n) is 13.6. The molecule has 1 aliphatic rings. The Balaban J connectivity index is 2.00. The highest BCUT2D eigenvalue weighted by Crippen LogP contribution is 2.21. The summed E-state index contributed by atoms with van der Waals surface area (Å²) < 4.78 is 7.35. The van der Waals surface area contributed by atoms with Gasteiger partial charge in [0.05, 0.1) is 30.5 Å². The van der Waals surface area contributed by atoms with Gasteiger partial charge in [0.25, 0.3) is 0 Å². The van der Waals surface area contributed by atoms with E-state index in [1.165, 1.54) is 0 Å². The van der Waals surface area contributed by atoms with E-state index in [1.54, 1.807) is 0 Å². The Morgan fingerprint density at radius 3 is 2.86 bits per heavy atom. The smallest absolute Gasteiger partial charge is 0.239 e. The number of amides is 1. The van der Waals surface area contributed by atoms with Crippen molar-refractivity contribution >= 4 is 11.7 Å². The molecule has 1 atom stereocenters. The SMILES string of the molecule is Cc1cc(NC(=O)CN2CCOC(C)C2)n(C(C)(C)C)n1. The van der Waals surface area contributed by atoms with Crippen LogP contribution in [0, 0.1) is 6.92 Å². The molecular weight excluding hydrogens is 268 g/mol. The molecular formula is C15H26N4O2. The molecule has 2 rings (SSSR count). The van der Waals surface area contributed by atoms with Gasteiger partial charge in [-0.3, -0.25) is 9.69 Å². The van der Waals surface area contributed by atoms with E-state index in [1.807, 2.05) is 24.6 Å². The largest absolute Gasteiger partial charge is 0.376 e. The van der Waals surface area contributed by atoms with Gasteiger partial charge >= 0.3 is 0 Å². The van der Waals surface area contributed by atoms with Crippen molar-refractivity contribution in [2.45, 2.75) is 46.3 Å². The van der Waals surface area contributed by atoms with Crippen LogP contribution in [0.5, 0.6) is 0 Å². The van der Waals surface area contributed by atoms with Gasteiger partial charge in [0.15, 0.2) is 0 Å². The van der Waals surface area contributed by atoms with Crippen LogP contribution in [0.3, 0.4) is 0 Å². The van der Waals surface area contributed by atoms with Gasteiger partial charge in [-0.25, -0.2) is 4.68 Å². The molecule has 6 nitrogen and oxygen atoms in total. The van der Waals surface area contributed by atoms with Crippen molar-refractivity contribution in [1.82, 2.24) is 14.7 Å². The number of nitrogens with one attached hydrogen (secondary N) is 1. The summed E-state index contributed by atoms with van der Waals surface area (Å²) in [5.41, 5.74) is 0.741. The lowest BCUT2D eigenvalue weighted by atomic mass is 10.1. The van der Waals surface area contributed by atoms with E-state index in [4.69, 9.17) is 4.74 Å². The van der Waals surface area contributed by atoms with Crippen molar-refractivity contribution in [2.75, 3.05) is 31.6 Å². The Morgan fingerprint density at radius 1 is 1.52 bits per heavy atom. The van der Waals surface area contributed by atoms with Crippen molar-refractivity contribution in [1.29, 1.82) is 0 Å². The third-order valence-electron chi connectivity index (χ3n) is 3.43. The predicted molar refractivity (Wildman–Crippen MR) is 82.4 cm³/mol. The standard InChI is InChI=1S/C15H26N4O2/c1-11-8-13(19(17-11)15(3,4)5)16-14(20)10-18-6-7-21-12(2)9-18/h8,12H,6-7,9-10H2,1-5H3,(H,16,20). The first-order valence-corrected chi connectivity index (χ1v) is 7.46. The average molecular weight is 294 g/mol. The lowest BCUT2D eigenvalue weighted by Gasteiger charge is -2.30. The van der Waals surface area contributed by atoms with E-state index < -0.39 is 0 Å². The van der Waals surface area contributed by atoms with E-state index in [9.17, 15) is 4.79 Å². The number of hydrogen-bond acceptors (Lipinski definition) is 4. The maximum atomic E-state index is 12.2. The second kappa shape index (κ2) is 6.15. The Bertz CT molecular complexity index is 504. The lowest BCUT2D eigenvalue weighted by Crippen LogP contribution is -2.44. The molecule has 1 fully saturated rings. The molecule has 0 bridgehead atoms. The molecule has 118 valence electrons. The molecule has 1 aromatic heterocycles. The van der Waals surface area contributed by atoms with Crippen LogP contribution in [-0.4, -0.2) is 52.9 Å². The van der Waals surface area contributed by atoms with Crippen LogP contribution in [0.4, 0.5) is 5.82 Å². The molecule has 1 saturated heterocycles. The van der Waals surface area contributed by atoms with E-state index in [0.717, 1.165) is 24.6 Å². The van der Waals surface area contributed by atoms with Gasteiger partial charge in [0.2, 0.25) is 5.91 Å². The van der Waals surface area contributed by atoms with Crippen molar-refractivity contribution in [3.05, 3.63) is 11.8 Å². The summed E-state index contributed by atoms with van der Waals surface area (Å²) in [5.74, 6) is 0.751. The molecule has 0 saturated carbocycles. The fourth-order valence-electron chi connectivity index (χ4n) is 2.52. The second-order valence-corrected chi connectivity index (χ2v) is 6.72. The van der Waals surface area contributed by atoms with E-state index in [-0.39, 0.29) is 17.6 Å². The Morgan fingerprint density at radius 2 is 2.24 bits per heavy atom. The Hall–Kier alpha value is -1.40. The van der Waals surface area contributed by atoms with Crippen LogP contribution < -0.4 is 5.32 Å². The molecule has 2 heterocycles. The van der Waals surface area contributed by atoms with Gasteiger partial charge in [0.1, 0.15) is 5.82 Å². The lowest BCUT2D eigenvalue weighted by molar-refractivity contribution is -0.119. The van der Waals surface area contributed by atoms with Crippen molar-refractivity contribution in [3.63, 3.8) is 0 Å². The highest BCUT2D eigenvalue weighted by molar-refractivity contribution is 5.91. The number of carbonyl (C=O) groups excluding carboxylic acids is 1. The Kier molecular flexibility index (Phi) is 4.68. The van der Waals surface area contributed by atoms with Gasteiger partial charge in [-0.2, -0.15) is 5.10 Å². The molecule has 0 radical (unpaired) electrons. The molecule has 1 aromatic rings. The van der Waals surface area contributed by atoms with Crippen LogP contribution >= 0.6 is 0 Å². The first-order chi connectivity index (χ1) is 9.75. The minimum absolute atomic E-state index is 0.00509. The van der Waals surface area contributed by atoms with Crippen molar-refractivity contribution in [2.24, 2.45) is 0 Å². The number of aryl methyl sites for hydroxylation is 1. The molecule has 0 aromatic carbocycles. The van der Waals surface area contributed by atoms with Gasteiger partial charge in [-0.05, 0) is 34.6 Å². The number of aromatic nitrogens is 2. The van der Waals surface area contributed by atoms with Gasteiger partial charge < -0.3 is 10.1 Å². The van der Waals surface area contributed by atoms with Crippen LogP contribution in [0.1, 0.15) is 33.4 Å². The molecule has 1 N–H and O–H groups in total. The molecule has 1 unspecified atom stereocenters. The fraction of sp³-hybridized carbons (Fsp3) is 0.733. The molecule has 0 spiro atoms. The number of hydrogen-bond donors (Lipinski definition) is 1. The van der Waals surface area contributed by atoms with Crippen LogP contribution in [0.25, 0.3) is 0 Å². The number of carbonyl (C=O) groups is 1. The van der Waals surface area contributed by atoms with Crippen molar-refractivity contribution < 1.29 is 9.53 Å². The highest BCUT2D eigenvalue weighted by atomic mass is 16.5. The van der Waals surface area contributed by atoms with Gasteiger partial charge in [-0.1, -0.05) is 0 Å². The summed E-state index contributed by atoms with van der Waals surface area (Å²) in [7, 11) is 0. The van der Waals surface area contributed by atoms with E-state index in [0.29, 0.717) is 13.2 Å². The maximum Gasteiger partial charge on any atom is 0.239 e. The number of rotatable bonds is 3.